The normalized spacial score (nSPS) is 16.8. The maximum atomic E-state index is 12.1. The molecule has 1 aliphatic rings. The number of hydrogen-bond donors (Lipinski definition) is 1. The van der Waals surface area contributed by atoms with Gasteiger partial charge in [-0.2, -0.15) is 0 Å². The number of rotatable bonds is 5. The maximum Gasteiger partial charge on any atom is 0.260 e. The van der Waals surface area contributed by atoms with Crippen LogP contribution in [0.3, 0.4) is 0 Å². The summed E-state index contributed by atoms with van der Waals surface area (Å²) in [5.74, 6) is 0.605. The van der Waals surface area contributed by atoms with Crippen LogP contribution in [0.25, 0.3) is 0 Å². The van der Waals surface area contributed by atoms with E-state index in [1.54, 1.807) is 11.9 Å². The van der Waals surface area contributed by atoms with Gasteiger partial charge in [0.2, 0.25) is 0 Å². The number of carbonyl (C=O) groups excluding carboxylic acids is 1. The summed E-state index contributed by atoms with van der Waals surface area (Å²) in [5.41, 5.74) is 1.65. The largest absolute Gasteiger partial charge is 0.484 e. The second kappa shape index (κ2) is 6.48. The number of aryl methyl sites for hydroxylation is 2. The fraction of sp³-hybridized carbons (Fsp3) is 0.588. The Morgan fingerprint density at radius 2 is 1.95 bits per heavy atom. The van der Waals surface area contributed by atoms with Gasteiger partial charge >= 0.3 is 0 Å². The molecule has 1 aromatic carbocycles. The molecule has 1 saturated carbocycles. The first kappa shape index (κ1) is 15.8. The molecule has 116 valence electrons. The lowest BCUT2D eigenvalue weighted by atomic mass is 10.0. The number of amides is 1. The van der Waals surface area contributed by atoms with Crippen LogP contribution in [0.2, 0.25) is 0 Å². The number of benzene rings is 1. The van der Waals surface area contributed by atoms with E-state index in [0.717, 1.165) is 31.2 Å². The highest BCUT2D eigenvalue weighted by molar-refractivity contribution is 5.77. The van der Waals surface area contributed by atoms with Crippen LogP contribution in [0.15, 0.2) is 18.2 Å². The summed E-state index contributed by atoms with van der Waals surface area (Å²) in [6.07, 6.45) is 3.64. The van der Waals surface area contributed by atoms with Crippen molar-refractivity contribution in [3.63, 3.8) is 0 Å². The van der Waals surface area contributed by atoms with Crippen molar-refractivity contribution < 1.29 is 14.6 Å². The predicted octanol–water partition coefficient (Wildman–Crippen LogP) is 2.45. The van der Waals surface area contributed by atoms with E-state index in [4.69, 9.17) is 4.74 Å². The lowest BCUT2D eigenvalue weighted by molar-refractivity contribution is -0.135. The summed E-state index contributed by atoms with van der Waals surface area (Å²) < 4.78 is 5.55. The second-order valence-corrected chi connectivity index (χ2v) is 6.22. The Labute approximate surface area is 126 Å². The molecule has 0 saturated heterocycles. The summed E-state index contributed by atoms with van der Waals surface area (Å²) in [5, 5.41) is 10.3. The van der Waals surface area contributed by atoms with Crippen LogP contribution in [-0.4, -0.2) is 41.7 Å². The number of ether oxygens (including phenoxy) is 1. The maximum absolute atomic E-state index is 12.1. The Bertz CT molecular complexity index is 507. The SMILES string of the molecule is Cc1ccc(OCC(=O)N(C)CC2(O)CCCC2)cc1C. The molecule has 0 heterocycles. The fourth-order valence-electron chi connectivity index (χ4n) is 2.78. The van der Waals surface area contributed by atoms with Gasteiger partial charge in [0.25, 0.3) is 5.91 Å². The molecule has 1 aliphatic carbocycles. The molecule has 0 bridgehead atoms. The molecule has 2 rings (SSSR count). The molecule has 4 heteroatoms. The highest BCUT2D eigenvalue weighted by Gasteiger charge is 2.33. The Hall–Kier alpha value is -1.55. The number of aliphatic hydroxyl groups is 1. The van der Waals surface area contributed by atoms with Gasteiger partial charge in [0.15, 0.2) is 6.61 Å². The zero-order valence-electron chi connectivity index (χ0n) is 13.2. The van der Waals surface area contributed by atoms with Crippen molar-refractivity contribution >= 4 is 5.91 Å². The highest BCUT2D eigenvalue weighted by Crippen LogP contribution is 2.29. The molecular formula is C17H25NO3. The van der Waals surface area contributed by atoms with Crippen molar-refractivity contribution in [3.8, 4) is 5.75 Å². The Morgan fingerprint density at radius 3 is 2.57 bits per heavy atom. The van der Waals surface area contributed by atoms with Crippen molar-refractivity contribution in [1.82, 2.24) is 4.90 Å². The quantitative estimate of drug-likeness (QED) is 0.906. The van der Waals surface area contributed by atoms with E-state index in [1.165, 1.54) is 5.56 Å². The number of hydrogen-bond acceptors (Lipinski definition) is 3. The highest BCUT2D eigenvalue weighted by atomic mass is 16.5. The minimum absolute atomic E-state index is 0.00901. The van der Waals surface area contributed by atoms with E-state index in [9.17, 15) is 9.90 Å². The smallest absolute Gasteiger partial charge is 0.260 e. The molecule has 0 aliphatic heterocycles. The molecule has 1 amide bonds. The molecule has 4 nitrogen and oxygen atoms in total. The van der Waals surface area contributed by atoms with E-state index in [0.29, 0.717) is 12.3 Å². The first-order valence-corrected chi connectivity index (χ1v) is 7.56. The van der Waals surface area contributed by atoms with Crippen LogP contribution >= 0.6 is 0 Å². The van der Waals surface area contributed by atoms with Gasteiger partial charge in [0.1, 0.15) is 5.75 Å². The van der Waals surface area contributed by atoms with Crippen LogP contribution in [0.5, 0.6) is 5.75 Å². The lowest BCUT2D eigenvalue weighted by Crippen LogP contribution is -2.43. The van der Waals surface area contributed by atoms with Crippen LogP contribution < -0.4 is 4.74 Å². The van der Waals surface area contributed by atoms with Gasteiger partial charge in [0, 0.05) is 13.6 Å². The average Bonchev–Trinajstić information content (AvgIpc) is 2.86. The van der Waals surface area contributed by atoms with Crippen molar-refractivity contribution in [2.75, 3.05) is 20.2 Å². The van der Waals surface area contributed by atoms with Gasteiger partial charge in [-0.3, -0.25) is 4.79 Å². The molecule has 0 atom stereocenters. The molecule has 0 spiro atoms. The zero-order chi connectivity index (χ0) is 15.5. The molecule has 21 heavy (non-hydrogen) atoms. The van der Waals surface area contributed by atoms with Crippen LogP contribution in [0, 0.1) is 13.8 Å². The Morgan fingerprint density at radius 1 is 1.29 bits per heavy atom. The van der Waals surface area contributed by atoms with Gasteiger partial charge in [-0.05, 0) is 49.9 Å². The van der Waals surface area contributed by atoms with Crippen LogP contribution in [0.1, 0.15) is 36.8 Å². The van der Waals surface area contributed by atoms with E-state index in [1.807, 2.05) is 32.0 Å². The molecule has 1 aromatic rings. The first-order valence-electron chi connectivity index (χ1n) is 7.56. The summed E-state index contributed by atoms with van der Waals surface area (Å²) in [7, 11) is 1.72. The Kier molecular flexibility index (Phi) is 4.88. The molecule has 0 radical (unpaired) electrons. The van der Waals surface area contributed by atoms with Crippen molar-refractivity contribution in [2.45, 2.75) is 45.1 Å². The van der Waals surface area contributed by atoms with Gasteiger partial charge in [-0.1, -0.05) is 18.9 Å². The van der Waals surface area contributed by atoms with Gasteiger partial charge in [-0.15, -0.1) is 0 Å². The number of carbonyl (C=O) groups is 1. The van der Waals surface area contributed by atoms with Gasteiger partial charge < -0.3 is 14.7 Å². The van der Waals surface area contributed by atoms with Gasteiger partial charge in [-0.25, -0.2) is 0 Å². The van der Waals surface area contributed by atoms with Crippen molar-refractivity contribution in [3.05, 3.63) is 29.3 Å². The summed E-state index contributed by atoms with van der Waals surface area (Å²) in [6.45, 7) is 4.46. The fourth-order valence-corrected chi connectivity index (χ4v) is 2.78. The van der Waals surface area contributed by atoms with E-state index in [2.05, 4.69) is 0 Å². The van der Waals surface area contributed by atoms with E-state index in [-0.39, 0.29) is 12.5 Å². The standard InChI is InChI=1S/C17H25NO3/c1-13-6-7-15(10-14(13)2)21-11-16(19)18(3)12-17(20)8-4-5-9-17/h6-7,10,20H,4-5,8-9,11-12H2,1-3H3. The van der Waals surface area contributed by atoms with Crippen molar-refractivity contribution in [2.24, 2.45) is 0 Å². The molecular weight excluding hydrogens is 266 g/mol. The summed E-state index contributed by atoms with van der Waals surface area (Å²) in [6, 6.07) is 5.80. The monoisotopic (exact) mass is 291 g/mol. The second-order valence-electron chi connectivity index (χ2n) is 6.22. The molecule has 0 aromatic heterocycles. The lowest BCUT2D eigenvalue weighted by Gasteiger charge is -2.28. The third-order valence-electron chi connectivity index (χ3n) is 4.33. The summed E-state index contributed by atoms with van der Waals surface area (Å²) in [4.78, 5) is 13.7. The summed E-state index contributed by atoms with van der Waals surface area (Å²) >= 11 is 0. The van der Waals surface area contributed by atoms with Crippen LogP contribution in [0.4, 0.5) is 0 Å². The molecule has 0 unspecified atom stereocenters. The third-order valence-corrected chi connectivity index (χ3v) is 4.33. The van der Waals surface area contributed by atoms with Gasteiger partial charge in [0.05, 0.1) is 5.60 Å². The first-order chi connectivity index (χ1) is 9.89. The van der Waals surface area contributed by atoms with E-state index >= 15 is 0 Å². The number of likely N-dealkylation sites (N-methyl/N-ethyl adjacent to an activating group) is 1. The average molecular weight is 291 g/mol. The minimum Gasteiger partial charge on any atom is -0.484 e. The minimum atomic E-state index is -0.704. The molecule has 1 fully saturated rings. The zero-order valence-corrected chi connectivity index (χ0v) is 13.2. The van der Waals surface area contributed by atoms with Crippen LogP contribution in [-0.2, 0) is 4.79 Å². The predicted molar refractivity (Wildman–Crippen MR) is 82.5 cm³/mol. The molecule has 1 N–H and O–H groups in total. The third kappa shape index (κ3) is 4.21. The topological polar surface area (TPSA) is 49.8 Å². The number of nitrogens with zero attached hydrogens (tertiary/aromatic N) is 1. The van der Waals surface area contributed by atoms with E-state index < -0.39 is 5.60 Å². The van der Waals surface area contributed by atoms with Crippen molar-refractivity contribution in [1.29, 1.82) is 0 Å². The Balaban J connectivity index is 1.84.